The van der Waals surface area contributed by atoms with E-state index in [1.807, 2.05) is 20.8 Å². The van der Waals surface area contributed by atoms with E-state index in [2.05, 4.69) is 23.1 Å². The minimum Gasteiger partial charge on any atom is -0.497 e. The molecule has 178 valence electrons. The van der Waals surface area contributed by atoms with Gasteiger partial charge in [-0.05, 0) is 75.9 Å². The van der Waals surface area contributed by atoms with Crippen LogP contribution >= 0.6 is 0 Å². The van der Waals surface area contributed by atoms with Gasteiger partial charge in [0, 0.05) is 6.54 Å². The summed E-state index contributed by atoms with van der Waals surface area (Å²) in [5.41, 5.74) is 2.09. The lowest BCUT2D eigenvalue weighted by Gasteiger charge is -2.39. The molecule has 1 aromatic carbocycles. The Morgan fingerprint density at radius 1 is 1.15 bits per heavy atom. The van der Waals surface area contributed by atoms with Gasteiger partial charge >= 0.3 is 5.97 Å². The molecule has 1 aromatic rings. The number of esters is 1. The summed E-state index contributed by atoms with van der Waals surface area (Å²) in [5, 5.41) is 0. The number of nitrogens with zero attached hydrogens (tertiary/aromatic N) is 1. The highest BCUT2D eigenvalue weighted by molar-refractivity contribution is 5.76. The van der Waals surface area contributed by atoms with Crippen molar-refractivity contribution in [2.24, 2.45) is 0 Å². The van der Waals surface area contributed by atoms with Crippen LogP contribution in [0.15, 0.2) is 24.0 Å². The number of carbonyl (C=O) groups excluding carboxylic acids is 1. The standard InChI is InChI=1S/C25H31NO7/c1-14-21(33-24(2,3)32-14)23(27)31-22-19(28-4)12-25-7-5-8-26(25)9-6-15-10-17-18(30-13-29-17)11-16(15)20(22)25/h10-12,14,20-22H,5-9,13H2,1-4H3/t14?,20-,21?,22?,25+/m1/s1. The second-order valence-electron chi connectivity index (χ2n) is 10.1. The Balaban J connectivity index is 1.41. The summed E-state index contributed by atoms with van der Waals surface area (Å²) in [5.74, 6) is 0.870. The molecule has 6 rings (SSSR count). The van der Waals surface area contributed by atoms with Crippen LogP contribution in [0.2, 0.25) is 0 Å². The van der Waals surface area contributed by atoms with Crippen LogP contribution in [-0.4, -0.2) is 67.5 Å². The van der Waals surface area contributed by atoms with Crippen molar-refractivity contribution in [3.8, 4) is 11.5 Å². The van der Waals surface area contributed by atoms with Gasteiger partial charge in [0.15, 0.2) is 29.5 Å². The highest BCUT2D eigenvalue weighted by atomic mass is 16.8. The van der Waals surface area contributed by atoms with E-state index < -0.39 is 30.1 Å². The normalized spacial score (nSPS) is 35.9. The smallest absolute Gasteiger partial charge is 0.338 e. The number of hydrogen-bond acceptors (Lipinski definition) is 8. The van der Waals surface area contributed by atoms with E-state index >= 15 is 0 Å². The molecule has 0 N–H and O–H groups in total. The first kappa shape index (κ1) is 21.3. The second kappa shape index (κ2) is 7.35. The second-order valence-corrected chi connectivity index (χ2v) is 10.1. The largest absolute Gasteiger partial charge is 0.497 e. The molecule has 33 heavy (non-hydrogen) atoms. The minimum absolute atomic E-state index is 0.100. The Morgan fingerprint density at radius 3 is 2.67 bits per heavy atom. The van der Waals surface area contributed by atoms with E-state index in [4.69, 9.17) is 28.4 Å². The van der Waals surface area contributed by atoms with Crippen LogP contribution in [0.25, 0.3) is 0 Å². The quantitative estimate of drug-likeness (QED) is 0.642. The van der Waals surface area contributed by atoms with Crippen LogP contribution in [0.1, 0.15) is 50.7 Å². The predicted molar refractivity (Wildman–Crippen MR) is 117 cm³/mol. The van der Waals surface area contributed by atoms with E-state index in [9.17, 15) is 4.79 Å². The lowest BCUT2D eigenvalue weighted by atomic mass is 9.77. The molecule has 3 unspecified atom stereocenters. The van der Waals surface area contributed by atoms with Crippen LogP contribution in [0.5, 0.6) is 11.5 Å². The summed E-state index contributed by atoms with van der Waals surface area (Å²) in [7, 11) is 1.65. The van der Waals surface area contributed by atoms with Crippen molar-refractivity contribution in [3.05, 3.63) is 35.1 Å². The highest BCUT2D eigenvalue weighted by Gasteiger charge is 2.58. The fraction of sp³-hybridized carbons (Fsp3) is 0.640. The van der Waals surface area contributed by atoms with Crippen molar-refractivity contribution in [2.75, 3.05) is 27.0 Å². The average Bonchev–Trinajstić information content (AvgIpc) is 3.50. The van der Waals surface area contributed by atoms with Crippen molar-refractivity contribution in [3.63, 3.8) is 0 Å². The van der Waals surface area contributed by atoms with Gasteiger partial charge in [0.25, 0.3) is 0 Å². The summed E-state index contributed by atoms with van der Waals surface area (Å²) in [4.78, 5) is 15.9. The summed E-state index contributed by atoms with van der Waals surface area (Å²) in [6.45, 7) is 7.63. The van der Waals surface area contributed by atoms with Gasteiger partial charge in [0.05, 0.1) is 24.7 Å². The molecule has 0 saturated carbocycles. The van der Waals surface area contributed by atoms with Crippen LogP contribution in [0.4, 0.5) is 0 Å². The fourth-order valence-electron chi connectivity index (χ4n) is 6.47. The third-order valence-electron chi connectivity index (χ3n) is 7.75. The van der Waals surface area contributed by atoms with Gasteiger partial charge in [-0.2, -0.15) is 0 Å². The Labute approximate surface area is 193 Å². The molecule has 0 radical (unpaired) electrons. The molecule has 1 aliphatic carbocycles. The van der Waals surface area contributed by atoms with Gasteiger partial charge < -0.3 is 28.4 Å². The number of ether oxygens (including phenoxy) is 6. The summed E-state index contributed by atoms with van der Waals surface area (Å²) >= 11 is 0. The topological polar surface area (TPSA) is 75.7 Å². The van der Waals surface area contributed by atoms with Crippen molar-refractivity contribution in [1.82, 2.24) is 4.90 Å². The molecule has 5 aliphatic rings. The van der Waals surface area contributed by atoms with Crippen LogP contribution < -0.4 is 9.47 Å². The zero-order valence-electron chi connectivity index (χ0n) is 19.6. The van der Waals surface area contributed by atoms with Crippen molar-refractivity contribution in [2.45, 2.75) is 75.6 Å². The number of carbonyl (C=O) groups is 1. The average molecular weight is 458 g/mol. The van der Waals surface area contributed by atoms with Gasteiger partial charge in [-0.15, -0.1) is 0 Å². The van der Waals surface area contributed by atoms with E-state index in [1.54, 1.807) is 7.11 Å². The Kier molecular flexibility index (Phi) is 4.74. The molecule has 8 heteroatoms. The maximum Gasteiger partial charge on any atom is 0.338 e. The van der Waals surface area contributed by atoms with Crippen LogP contribution in [0, 0.1) is 0 Å². The molecule has 4 heterocycles. The molecule has 2 saturated heterocycles. The van der Waals surface area contributed by atoms with E-state index in [1.165, 1.54) is 5.56 Å². The lowest BCUT2D eigenvalue weighted by molar-refractivity contribution is -0.175. The summed E-state index contributed by atoms with van der Waals surface area (Å²) < 4.78 is 35.1. The van der Waals surface area contributed by atoms with E-state index in [-0.39, 0.29) is 18.2 Å². The molecule has 4 aliphatic heterocycles. The van der Waals surface area contributed by atoms with Crippen molar-refractivity contribution in [1.29, 1.82) is 0 Å². The molecule has 0 amide bonds. The number of methoxy groups -OCH3 is 1. The first-order valence-electron chi connectivity index (χ1n) is 11.8. The minimum atomic E-state index is -0.824. The van der Waals surface area contributed by atoms with Crippen LogP contribution in [-0.2, 0) is 30.2 Å². The molecular formula is C25H31NO7. The van der Waals surface area contributed by atoms with Gasteiger partial charge in [0.1, 0.15) is 5.76 Å². The van der Waals surface area contributed by atoms with Crippen molar-refractivity contribution >= 4 is 5.97 Å². The van der Waals surface area contributed by atoms with Crippen LogP contribution in [0.3, 0.4) is 0 Å². The highest BCUT2D eigenvalue weighted by Crippen LogP contribution is 2.55. The first-order valence-corrected chi connectivity index (χ1v) is 11.8. The number of benzene rings is 1. The van der Waals surface area contributed by atoms with Crippen molar-refractivity contribution < 1.29 is 33.2 Å². The molecule has 5 atom stereocenters. The van der Waals surface area contributed by atoms with Gasteiger partial charge in [-0.25, -0.2) is 4.79 Å². The number of fused-ring (bicyclic) bond motifs is 3. The SMILES string of the molecule is COC1=C[C@]23CCCN2CCc2cc4c(cc2[C@@H]3C1OC(=O)C1OC(C)(C)OC1C)OCO4. The van der Waals surface area contributed by atoms with E-state index in [0.29, 0.717) is 5.76 Å². The third-order valence-corrected chi connectivity index (χ3v) is 7.75. The molecule has 0 bridgehead atoms. The first-order chi connectivity index (χ1) is 15.8. The molecule has 2 fully saturated rings. The monoisotopic (exact) mass is 457 g/mol. The summed E-state index contributed by atoms with van der Waals surface area (Å²) in [6, 6.07) is 4.18. The Bertz CT molecular complexity index is 1020. The van der Waals surface area contributed by atoms with E-state index in [0.717, 1.165) is 49.4 Å². The lowest BCUT2D eigenvalue weighted by Crippen LogP contribution is -2.48. The maximum absolute atomic E-state index is 13.3. The molecule has 8 nitrogen and oxygen atoms in total. The maximum atomic E-state index is 13.3. The molecule has 0 aromatic heterocycles. The zero-order valence-corrected chi connectivity index (χ0v) is 19.6. The molecular weight excluding hydrogens is 426 g/mol. The van der Waals surface area contributed by atoms with Gasteiger partial charge in [-0.3, -0.25) is 4.90 Å². The summed E-state index contributed by atoms with van der Waals surface area (Å²) in [6.07, 6.45) is 3.45. The predicted octanol–water partition coefficient (Wildman–Crippen LogP) is 2.89. The Morgan fingerprint density at radius 2 is 1.94 bits per heavy atom. The Hall–Kier alpha value is -2.29. The van der Waals surface area contributed by atoms with Gasteiger partial charge in [-0.1, -0.05) is 0 Å². The molecule has 1 spiro atoms. The van der Waals surface area contributed by atoms with Gasteiger partial charge in [0.2, 0.25) is 6.79 Å². The number of hydrogen-bond donors (Lipinski definition) is 0. The fourth-order valence-corrected chi connectivity index (χ4v) is 6.47. The third kappa shape index (κ3) is 3.18. The zero-order chi connectivity index (χ0) is 23.0. The number of rotatable bonds is 3.